The summed E-state index contributed by atoms with van der Waals surface area (Å²) in [5.74, 6) is 0.782. The number of tetrazole rings is 1. The van der Waals surface area contributed by atoms with E-state index in [1.54, 1.807) is 4.80 Å². The molecule has 0 atom stereocenters. The number of aromatic nitrogens is 4. The van der Waals surface area contributed by atoms with Gasteiger partial charge in [0.2, 0.25) is 0 Å². The molecule has 0 aliphatic rings. The van der Waals surface area contributed by atoms with Gasteiger partial charge in [-0.2, -0.15) is 4.80 Å². The van der Waals surface area contributed by atoms with Crippen LogP contribution in [0.5, 0.6) is 0 Å². The maximum atomic E-state index is 5.38. The monoisotopic (exact) mass is 183 g/mol. The summed E-state index contributed by atoms with van der Waals surface area (Å²) in [6.45, 7) is 7.61. The molecule has 5 heteroatoms. The van der Waals surface area contributed by atoms with Crippen LogP contribution in [0.2, 0.25) is 0 Å². The van der Waals surface area contributed by atoms with Gasteiger partial charge in [0.05, 0.1) is 6.54 Å². The van der Waals surface area contributed by atoms with Crippen LogP contribution in [0.25, 0.3) is 0 Å². The van der Waals surface area contributed by atoms with E-state index in [1.165, 1.54) is 0 Å². The molecule has 74 valence electrons. The van der Waals surface area contributed by atoms with Crippen LogP contribution in [-0.2, 0) is 12.0 Å². The summed E-state index contributed by atoms with van der Waals surface area (Å²) in [6.07, 6.45) is 0.889. The van der Waals surface area contributed by atoms with Gasteiger partial charge in [0.25, 0.3) is 0 Å². The Balaban J connectivity index is 2.64. The van der Waals surface area contributed by atoms with E-state index in [2.05, 4.69) is 36.2 Å². The molecule has 0 aromatic carbocycles. The van der Waals surface area contributed by atoms with Crippen molar-refractivity contribution >= 4 is 0 Å². The van der Waals surface area contributed by atoms with Crippen molar-refractivity contribution in [1.82, 2.24) is 20.2 Å². The average molecular weight is 183 g/mol. The molecule has 1 heterocycles. The van der Waals surface area contributed by atoms with Crippen LogP contribution in [0, 0.1) is 0 Å². The molecule has 5 nitrogen and oxygen atoms in total. The minimum absolute atomic E-state index is 0.0268. The lowest BCUT2D eigenvalue weighted by Crippen LogP contribution is -2.14. The molecular formula is C8H17N5. The van der Waals surface area contributed by atoms with Gasteiger partial charge in [-0.05, 0) is 18.2 Å². The highest BCUT2D eigenvalue weighted by Crippen LogP contribution is 2.15. The molecule has 1 aromatic rings. The largest absolute Gasteiger partial charge is 0.330 e. The molecule has 0 spiro atoms. The summed E-state index contributed by atoms with van der Waals surface area (Å²) in [5, 5.41) is 12.2. The van der Waals surface area contributed by atoms with Gasteiger partial charge in [0, 0.05) is 5.41 Å². The van der Waals surface area contributed by atoms with Crippen molar-refractivity contribution in [2.45, 2.75) is 39.2 Å². The van der Waals surface area contributed by atoms with Crippen LogP contribution in [0.4, 0.5) is 0 Å². The van der Waals surface area contributed by atoms with Crippen LogP contribution in [-0.4, -0.2) is 26.8 Å². The van der Waals surface area contributed by atoms with Gasteiger partial charge in [0.1, 0.15) is 0 Å². The first kappa shape index (κ1) is 10.1. The summed E-state index contributed by atoms with van der Waals surface area (Å²) in [4.78, 5) is 1.60. The van der Waals surface area contributed by atoms with Crippen LogP contribution < -0.4 is 5.73 Å². The Kier molecular flexibility index (Phi) is 2.98. The number of hydrogen-bond donors (Lipinski definition) is 1. The molecule has 0 unspecified atom stereocenters. The van der Waals surface area contributed by atoms with Gasteiger partial charge in [-0.1, -0.05) is 20.8 Å². The Morgan fingerprint density at radius 3 is 2.54 bits per heavy atom. The number of nitrogens with zero attached hydrogens (tertiary/aromatic N) is 4. The SMILES string of the molecule is CC(C)(C)c1nnn(CCCN)n1. The zero-order chi connectivity index (χ0) is 9.90. The lowest BCUT2D eigenvalue weighted by Gasteiger charge is -2.11. The number of hydrogen-bond acceptors (Lipinski definition) is 4. The third kappa shape index (κ3) is 2.77. The fraction of sp³-hybridized carbons (Fsp3) is 0.875. The van der Waals surface area contributed by atoms with Gasteiger partial charge in [-0.25, -0.2) is 0 Å². The standard InChI is InChI=1S/C8H17N5/c1-8(2,3)7-10-12-13(11-7)6-4-5-9/h4-6,9H2,1-3H3. The van der Waals surface area contributed by atoms with E-state index in [9.17, 15) is 0 Å². The first-order valence-corrected chi connectivity index (χ1v) is 4.52. The molecule has 1 aromatic heterocycles. The lowest BCUT2D eigenvalue weighted by atomic mass is 9.96. The Labute approximate surface area is 78.3 Å². The smallest absolute Gasteiger partial charge is 0.180 e. The van der Waals surface area contributed by atoms with Gasteiger partial charge in [-0.3, -0.25) is 0 Å². The van der Waals surface area contributed by atoms with E-state index < -0.39 is 0 Å². The summed E-state index contributed by atoms with van der Waals surface area (Å²) in [5.41, 5.74) is 5.35. The topological polar surface area (TPSA) is 69.6 Å². The molecule has 0 aliphatic carbocycles. The van der Waals surface area contributed by atoms with Crippen molar-refractivity contribution in [2.75, 3.05) is 6.54 Å². The summed E-state index contributed by atoms with van der Waals surface area (Å²) < 4.78 is 0. The van der Waals surface area contributed by atoms with Crippen molar-refractivity contribution in [3.8, 4) is 0 Å². The molecule has 1 rings (SSSR count). The van der Waals surface area contributed by atoms with Crippen LogP contribution >= 0.6 is 0 Å². The molecule has 2 N–H and O–H groups in total. The normalized spacial score (nSPS) is 12.0. The first-order chi connectivity index (χ1) is 6.04. The molecule has 0 fully saturated rings. The lowest BCUT2D eigenvalue weighted by molar-refractivity contribution is 0.490. The fourth-order valence-electron chi connectivity index (χ4n) is 0.871. The van der Waals surface area contributed by atoms with E-state index in [4.69, 9.17) is 5.73 Å². The minimum Gasteiger partial charge on any atom is -0.330 e. The Morgan fingerprint density at radius 1 is 1.38 bits per heavy atom. The van der Waals surface area contributed by atoms with Crippen LogP contribution in [0.15, 0.2) is 0 Å². The van der Waals surface area contributed by atoms with Gasteiger partial charge < -0.3 is 5.73 Å². The number of rotatable bonds is 3. The number of nitrogens with two attached hydrogens (primary N) is 1. The van der Waals surface area contributed by atoms with Crippen LogP contribution in [0.1, 0.15) is 33.0 Å². The second-order valence-corrected chi connectivity index (χ2v) is 4.10. The Bertz CT molecular complexity index is 260. The van der Waals surface area contributed by atoms with Crippen molar-refractivity contribution in [2.24, 2.45) is 5.73 Å². The predicted molar refractivity (Wildman–Crippen MR) is 50.2 cm³/mol. The zero-order valence-corrected chi connectivity index (χ0v) is 8.49. The van der Waals surface area contributed by atoms with Crippen LogP contribution in [0.3, 0.4) is 0 Å². The van der Waals surface area contributed by atoms with Crippen molar-refractivity contribution < 1.29 is 0 Å². The third-order valence-electron chi connectivity index (χ3n) is 1.69. The van der Waals surface area contributed by atoms with E-state index in [-0.39, 0.29) is 5.41 Å². The van der Waals surface area contributed by atoms with Gasteiger partial charge in [0.15, 0.2) is 5.82 Å². The van der Waals surface area contributed by atoms with E-state index in [0.29, 0.717) is 6.54 Å². The molecule has 0 amide bonds. The van der Waals surface area contributed by atoms with E-state index >= 15 is 0 Å². The van der Waals surface area contributed by atoms with E-state index in [1.807, 2.05) is 0 Å². The highest BCUT2D eigenvalue weighted by Gasteiger charge is 2.19. The van der Waals surface area contributed by atoms with Gasteiger partial charge >= 0.3 is 0 Å². The van der Waals surface area contributed by atoms with Crippen molar-refractivity contribution in [1.29, 1.82) is 0 Å². The quantitative estimate of drug-likeness (QED) is 0.732. The molecule has 0 bridgehead atoms. The molecule has 0 saturated heterocycles. The molecular weight excluding hydrogens is 166 g/mol. The average Bonchev–Trinajstić information content (AvgIpc) is 2.47. The molecule has 0 saturated carbocycles. The summed E-state index contributed by atoms with van der Waals surface area (Å²) >= 11 is 0. The van der Waals surface area contributed by atoms with Gasteiger partial charge in [-0.15, -0.1) is 10.2 Å². The summed E-state index contributed by atoms with van der Waals surface area (Å²) in [6, 6.07) is 0. The Morgan fingerprint density at radius 2 is 2.08 bits per heavy atom. The zero-order valence-electron chi connectivity index (χ0n) is 8.49. The highest BCUT2D eigenvalue weighted by molar-refractivity contribution is 4.95. The maximum absolute atomic E-state index is 5.38. The minimum atomic E-state index is -0.0268. The molecule has 13 heavy (non-hydrogen) atoms. The first-order valence-electron chi connectivity index (χ1n) is 4.52. The fourth-order valence-corrected chi connectivity index (χ4v) is 0.871. The second-order valence-electron chi connectivity index (χ2n) is 4.10. The third-order valence-corrected chi connectivity index (χ3v) is 1.69. The maximum Gasteiger partial charge on any atom is 0.180 e. The van der Waals surface area contributed by atoms with Crippen molar-refractivity contribution in [3.05, 3.63) is 5.82 Å². The summed E-state index contributed by atoms with van der Waals surface area (Å²) in [7, 11) is 0. The predicted octanol–water partition coefficient (Wildman–Crippen LogP) is 0.319. The number of aryl methyl sites for hydroxylation is 1. The molecule has 0 aliphatic heterocycles. The highest BCUT2D eigenvalue weighted by atomic mass is 15.6. The van der Waals surface area contributed by atoms with E-state index in [0.717, 1.165) is 18.8 Å². The second kappa shape index (κ2) is 3.83. The Hall–Kier alpha value is -0.970. The molecule has 0 radical (unpaired) electrons. The van der Waals surface area contributed by atoms with Crippen molar-refractivity contribution in [3.63, 3.8) is 0 Å².